The maximum Gasteiger partial charge on any atom is 0.140 e. The molecule has 0 spiro atoms. The standard InChI is InChI=1S/C24H22ClN3S/c1-28(2)18-10-7-16(8-11-18)13-19(29)14-17-9-12-21(25)20(15-17)24-26-22-5-3-4-6-23(22)27-24/h3-12,15H,13-14H2,1-2H3,(H,26,27). The molecule has 146 valence electrons. The molecule has 1 aromatic heterocycles. The second-order valence-corrected chi connectivity index (χ2v) is 8.35. The van der Waals surface area contributed by atoms with Crippen LogP contribution in [0.1, 0.15) is 11.1 Å². The third-order valence-corrected chi connectivity index (χ3v) is 5.55. The van der Waals surface area contributed by atoms with Crippen molar-refractivity contribution in [3.8, 4) is 11.4 Å². The average Bonchev–Trinajstić information content (AvgIpc) is 3.14. The molecule has 0 saturated heterocycles. The molecule has 4 aromatic rings. The Hall–Kier alpha value is -2.69. The summed E-state index contributed by atoms with van der Waals surface area (Å²) in [6.45, 7) is 0. The van der Waals surface area contributed by atoms with E-state index in [2.05, 4.69) is 45.2 Å². The van der Waals surface area contributed by atoms with Crippen molar-refractivity contribution in [3.05, 3.63) is 82.9 Å². The Morgan fingerprint density at radius 3 is 2.38 bits per heavy atom. The summed E-state index contributed by atoms with van der Waals surface area (Å²) in [4.78, 5) is 11.1. The number of aromatic amines is 1. The van der Waals surface area contributed by atoms with E-state index >= 15 is 0 Å². The van der Waals surface area contributed by atoms with Gasteiger partial charge in [0.05, 0.1) is 16.1 Å². The van der Waals surface area contributed by atoms with Crippen molar-refractivity contribution in [2.75, 3.05) is 19.0 Å². The molecule has 0 bridgehead atoms. The van der Waals surface area contributed by atoms with Gasteiger partial charge in [-0.05, 0) is 47.5 Å². The average molecular weight is 420 g/mol. The van der Waals surface area contributed by atoms with Crippen molar-refractivity contribution in [2.24, 2.45) is 0 Å². The first-order valence-electron chi connectivity index (χ1n) is 9.51. The molecule has 0 amide bonds. The van der Waals surface area contributed by atoms with Gasteiger partial charge >= 0.3 is 0 Å². The lowest BCUT2D eigenvalue weighted by Gasteiger charge is -2.13. The van der Waals surface area contributed by atoms with E-state index in [-0.39, 0.29) is 0 Å². The molecule has 0 aliphatic heterocycles. The monoisotopic (exact) mass is 419 g/mol. The Labute approximate surface area is 181 Å². The topological polar surface area (TPSA) is 31.9 Å². The van der Waals surface area contributed by atoms with E-state index in [1.807, 2.05) is 50.5 Å². The number of halogens is 1. The molecule has 0 atom stereocenters. The van der Waals surface area contributed by atoms with Crippen molar-refractivity contribution in [1.29, 1.82) is 0 Å². The highest BCUT2D eigenvalue weighted by Crippen LogP contribution is 2.29. The summed E-state index contributed by atoms with van der Waals surface area (Å²) in [6, 6.07) is 22.6. The fraction of sp³-hybridized carbons (Fsp3) is 0.167. The van der Waals surface area contributed by atoms with E-state index in [9.17, 15) is 0 Å². The van der Waals surface area contributed by atoms with Gasteiger partial charge in [-0.1, -0.05) is 54.2 Å². The molecule has 5 heteroatoms. The van der Waals surface area contributed by atoms with Gasteiger partial charge in [0.25, 0.3) is 0 Å². The first-order valence-corrected chi connectivity index (χ1v) is 10.3. The van der Waals surface area contributed by atoms with Gasteiger partial charge in [0.15, 0.2) is 0 Å². The Balaban J connectivity index is 1.51. The summed E-state index contributed by atoms with van der Waals surface area (Å²) in [6.07, 6.45) is 1.51. The van der Waals surface area contributed by atoms with E-state index in [0.29, 0.717) is 5.02 Å². The lowest BCUT2D eigenvalue weighted by molar-refractivity contribution is 1.13. The van der Waals surface area contributed by atoms with E-state index in [1.165, 1.54) is 11.3 Å². The molecule has 0 saturated carbocycles. The third-order valence-electron chi connectivity index (χ3n) is 4.93. The van der Waals surface area contributed by atoms with Crippen LogP contribution in [-0.4, -0.2) is 28.9 Å². The first kappa shape index (κ1) is 19.6. The van der Waals surface area contributed by atoms with Crippen LogP contribution in [-0.2, 0) is 12.8 Å². The summed E-state index contributed by atoms with van der Waals surface area (Å²) in [5.74, 6) is 0.781. The molecule has 3 aromatic carbocycles. The Bertz CT molecular complexity index is 1130. The van der Waals surface area contributed by atoms with Crippen LogP contribution in [0.5, 0.6) is 0 Å². The molecule has 0 fully saturated rings. The van der Waals surface area contributed by atoms with Crippen molar-refractivity contribution < 1.29 is 0 Å². The van der Waals surface area contributed by atoms with Gasteiger partial charge in [0.2, 0.25) is 0 Å². The number of benzene rings is 3. The number of hydrogen-bond acceptors (Lipinski definition) is 3. The zero-order valence-corrected chi connectivity index (χ0v) is 18.0. The normalized spacial score (nSPS) is 11.0. The number of nitrogens with zero attached hydrogens (tertiary/aromatic N) is 2. The molecule has 4 rings (SSSR count). The molecular weight excluding hydrogens is 398 g/mol. The molecule has 0 aliphatic carbocycles. The van der Waals surface area contributed by atoms with Crippen LogP contribution in [0.15, 0.2) is 66.7 Å². The van der Waals surface area contributed by atoms with Crippen molar-refractivity contribution in [2.45, 2.75) is 12.8 Å². The molecule has 0 unspecified atom stereocenters. The SMILES string of the molecule is CN(C)c1ccc(CC(=S)Cc2ccc(Cl)c(-c3nc4ccccc4[nH]3)c2)cc1. The number of anilines is 1. The van der Waals surface area contributed by atoms with E-state index < -0.39 is 0 Å². The summed E-state index contributed by atoms with van der Waals surface area (Å²) in [5, 5.41) is 0.679. The largest absolute Gasteiger partial charge is 0.378 e. The van der Waals surface area contributed by atoms with Crippen LogP contribution >= 0.6 is 23.8 Å². The Morgan fingerprint density at radius 1 is 0.966 bits per heavy atom. The number of fused-ring (bicyclic) bond motifs is 1. The summed E-state index contributed by atoms with van der Waals surface area (Å²) in [5.41, 5.74) is 6.39. The first-order chi connectivity index (χ1) is 14.0. The highest BCUT2D eigenvalue weighted by atomic mass is 35.5. The van der Waals surface area contributed by atoms with Gasteiger partial charge in [-0.3, -0.25) is 0 Å². The van der Waals surface area contributed by atoms with Crippen LogP contribution in [0.4, 0.5) is 5.69 Å². The van der Waals surface area contributed by atoms with Gasteiger partial charge in [0.1, 0.15) is 5.82 Å². The highest BCUT2D eigenvalue weighted by Gasteiger charge is 2.11. The lowest BCUT2D eigenvalue weighted by Crippen LogP contribution is -2.09. The number of thiocarbonyl (C=S) groups is 1. The quantitative estimate of drug-likeness (QED) is 0.383. The smallest absolute Gasteiger partial charge is 0.140 e. The minimum atomic E-state index is 0.679. The van der Waals surface area contributed by atoms with Crippen LogP contribution in [0, 0.1) is 0 Å². The molecule has 0 radical (unpaired) electrons. The molecule has 0 aliphatic rings. The fourth-order valence-corrected chi connectivity index (χ4v) is 3.91. The van der Waals surface area contributed by atoms with Crippen molar-refractivity contribution in [1.82, 2.24) is 9.97 Å². The maximum absolute atomic E-state index is 6.47. The predicted octanol–water partition coefficient (Wildman–Crippen LogP) is 6.10. The van der Waals surface area contributed by atoms with Gasteiger partial charge in [0, 0.05) is 43.1 Å². The molecule has 3 nitrogen and oxygen atoms in total. The number of aromatic nitrogens is 2. The molecular formula is C24H22ClN3S. The van der Waals surface area contributed by atoms with Gasteiger partial charge in [-0.25, -0.2) is 4.98 Å². The molecule has 1 N–H and O–H groups in total. The predicted molar refractivity (Wildman–Crippen MR) is 127 cm³/mol. The van der Waals surface area contributed by atoms with Crippen LogP contribution in [0.25, 0.3) is 22.4 Å². The van der Waals surface area contributed by atoms with Gasteiger partial charge in [-0.2, -0.15) is 0 Å². The summed E-state index contributed by atoms with van der Waals surface area (Å²) < 4.78 is 0. The number of rotatable bonds is 6. The van der Waals surface area contributed by atoms with Crippen LogP contribution in [0.3, 0.4) is 0 Å². The molecule has 29 heavy (non-hydrogen) atoms. The van der Waals surface area contributed by atoms with Gasteiger partial charge < -0.3 is 9.88 Å². The number of H-pyrrole nitrogens is 1. The summed E-state index contributed by atoms with van der Waals surface area (Å²) in [7, 11) is 4.08. The molecule has 1 heterocycles. The number of imidazole rings is 1. The van der Waals surface area contributed by atoms with E-state index in [0.717, 1.165) is 45.7 Å². The third kappa shape index (κ3) is 4.50. The van der Waals surface area contributed by atoms with Crippen molar-refractivity contribution >= 4 is 45.4 Å². The highest BCUT2D eigenvalue weighted by molar-refractivity contribution is 7.80. The summed E-state index contributed by atoms with van der Waals surface area (Å²) >= 11 is 12.1. The Morgan fingerprint density at radius 2 is 1.66 bits per heavy atom. The minimum absolute atomic E-state index is 0.679. The van der Waals surface area contributed by atoms with Crippen molar-refractivity contribution in [3.63, 3.8) is 0 Å². The van der Waals surface area contributed by atoms with E-state index in [4.69, 9.17) is 23.8 Å². The lowest BCUT2D eigenvalue weighted by atomic mass is 10.0. The second-order valence-electron chi connectivity index (χ2n) is 7.37. The second kappa shape index (κ2) is 8.36. The maximum atomic E-state index is 6.47. The van der Waals surface area contributed by atoms with Gasteiger partial charge in [-0.15, -0.1) is 0 Å². The number of para-hydroxylation sites is 2. The number of nitrogens with one attached hydrogen (secondary N) is 1. The minimum Gasteiger partial charge on any atom is -0.378 e. The zero-order chi connectivity index (χ0) is 20.4. The van der Waals surface area contributed by atoms with Crippen LogP contribution < -0.4 is 4.90 Å². The fourth-order valence-electron chi connectivity index (χ4n) is 3.37. The Kier molecular flexibility index (Phi) is 5.65. The van der Waals surface area contributed by atoms with Crippen LogP contribution in [0.2, 0.25) is 5.02 Å². The van der Waals surface area contributed by atoms with E-state index in [1.54, 1.807) is 0 Å². The number of hydrogen-bond donors (Lipinski definition) is 1. The zero-order valence-electron chi connectivity index (χ0n) is 16.4.